The van der Waals surface area contributed by atoms with E-state index in [1.54, 1.807) is 24.3 Å². The Bertz CT molecular complexity index is 741. The van der Waals surface area contributed by atoms with Gasteiger partial charge in [-0.1, -0.05) is 84.8 Å². The first-order valence-electron chi connectivity index (χ1n) is 6.97. The smallest absolute Gasteiger partial charge is 0.185 e. The number of carbonyl (C=O) groups is 1. The summed E-state index contributed by atoms with van der Waals surface area (Å²) in [5.74, 6) is 2.64. The number of benzene rings is 2. The molecule has 0 bridgehead atoms. The van der Waals surface area contributed by atoms with Crippen molar-refractivity contribution in [2.45, 2.75) is 0 Å². The summed E-state index contributed by atoms with van der Waals surface area (Å²) in [7, 11) is 0. The maximum absolute atomic E-state index is 11.9. The third-order valence-corrected chi connectivity index (χ3v) is 3.03. The van der Waals surface area contributed by atoms with E-state index in [0.29, 0.717) is 5.56 Å². The van der Waals surface area contributed by atoms with Crippen LogP contribution in [-0.4, -0.2) is 5.78 Å². The van der Waals surface area contributed by atoms with E-state index < -0.39 is 0 Å². The second kappa shape index (κ2) is 8.24. The number of ketones is 1. The van der Waals surface area contributed by atoms with Crippen LogP contribution in [0.3, 0.4) is 0 Å². The van der Waals surface area contributed by atoms with Gasteiger partial charge in [-0.15, -0.1) is 6.42 Å². The molecule has 0 N–H and O–H groups in total. The molecule has 0 aliphatic carbocycles. The second-order valence-corrected chi connectivity index (χ2v) is 4.56. The molecular formula is C21H16O. The number of carbonyl (C=O) groups excluding carboxylic acids is 1. The van der Waals surface area contributed by atoms with Crippen molar-refractivity contribution in [1.29, 1.82) is 0 Å². The van der Waals surface area contributed by atoms with E-state index in [-0.39, 0.29) is 5.78 Å². The van der Waals surface area contributed by atoms with Crippen LogP contribution >= 0.6 is 0 Å². The predicted octanol–water partition coefficient (Wildman–Crippen LogP) is 4.70. The van der Waals surface area contributed by atoms with Crippen molar-refractivity contribution < 1.29 is 4.79 Å². The summed E-state index contributed by atoms with van der Waals surface area (Å²) in [5.41, 5.74) is 2.48. The van der Waals surface area contributed by atoms with Crippen molar-refractivity contribution in [3.63, 3.8) is 0 Å². The second-order valence-electron chi connectivity index (χ2n) is 4.56. The minimum atomic E-state index is -0.0190. The van der Waals surface area contributed by atoms with Crippen LogP contribution in [0.1, 0.15) is 15.9 Å². The van der Waals surface area contributed by atoms with Crippen molar-refractivity contribution in [2.75, 3.05) is 0 Å². The van der Waals surface area contributed by atoms with Gasteiger partial charge >= 0.3 is 0 Å². The number of allylic oxidation sites excluding steroid dienone is 6. The zero-order chi connectivity index (χ0) is 15.6. The number of terminal acetylenes is 1. The standard InChI is InChI=1S/C21H16O/c1-2-18(19-13-7-3-8-14-19)12-6-5-11-17-21(22)20-15-9-4-10-16-20/h1,3-17H. The Labute approximate surface area is 131 Å². The van der Waals surface area contributed by atoms with Crippen LogP contribution in [0.15, 0.2) is 91.0 Å². The predicted molar refractivity (Wildman–Crippen MR) is 92.3 cm³/mol. The first-order valence-corrected chi connectivity index (χ1v) is 6.97. The molecule has 2 aromatic carbocycles. The number of hydrogen-bond acceptors (Lipinski definition) is 1. The SMILES string of the molecule is C#CC(=CC=CC=CC(=O)c1ccccc1)c1ccccc1. The highest BCUT2D eigenvalue weighted by Crippen LogP contribution is 2.12. The highest BCUT2D eigenvalue weighted by atomic mass is 16.1. The van der Waals surface area contributed by atoms with Gasteiger partial charge in [-0.3, -0.25) is 4.79 Å². The minimum absolute atomic E-state index is 0.0190. The molecule has 0 aromatic heterocycles. The average molecular weight is 284 g/mol. The van der Waals surface area contributed by atoms with Gasteiger partial charge in [0.2, 0.25) is 0 Å². The van der Waals surface area contributed by atoms with Crippen LogP contribution in [-0.2, 0) is 0 Å². The molecule has 0 atom stereocenters. The van der Waals surface area contributed by atoms with Crippen LogP contribution in [0.2, 0.25) is 0 Å². The lowest BCUT2D eigenvalue weighted by Crippen LogP contribution is -1.92. The third-order valence-electron chi connectivity index (χ3n) is 3.03. The van der Waals surface area contributed by atoms with Gasteiger partial charge in [0.1, 0.15) is 0 Å². The molecule has 22 heavy (non-hydrogen) atoms. The van der Waals surface area contributed by atoms with E-state index in [2.05, 4.69) is 5.92 Å². The summed E-state index contributed by atoms with van der Waals surface area (Å²) in [4.78, 5) is 11.9. The third kappa shape index (κ3) is 4.47. The summed E-state index contributed by atoms with van der Waals surface area (Å²) in [6.45, 7) is 0. The van der Waals surface area contributed by atoms with Gasteiger partial charge in [-0.25, -0.2) is 0 Å². The van der Waals surface area contributed by atoms with Crippen molar-refractivity contribution in [2.24, 2.45) is 0 Å². The van der Waals surface area contributed by atoms with Crippen LogP contribution in [0, 0.1) is 12.3 Å². The van der Waals surface area contributed by atoms with E-state index in [9.17, 15) is 4.79 Å². The molecule has 0 amide bonds. The maximum Gasteiger partial charge on any atom is 0.185 e. The van der Waals surface area contributed by atoms with E-state index >= 15 is 0 Å². The van der Waals surface area contributed by atoms with Crippen molar-refractivity contribution >= 4 is 11.4 Å². The minimum Gasteiger partial charge on any atom is -0.289 e. The quantitative estimate of drug-likeness (QED) is 0.337. The lowest BCUT2D eigenvalue weighted by atomic mass is 10.1. The number of rotatable bonds is 5. The number of hydrogen-bond donors (Lipinski definition) is 0. The first kappa shape index (κ1) is 15.3. The molecule has 0 spiro atoms. The highest BCUT2D eigenvalue weighted by molar-refractivity contribution is 6.04. The molecule has 0 aliphatic heterocycles. The van der Waals surface area contributed by atoms with Crippen LogP contribution in [0.25, 0.3) is 5.57 Å². The molecule has 0 aliphatic rings. The summed E-state index contributed by atoms with van der Waals surface area (Å²) < 4.78 is 0. The molecule has 2 rings (SSSR count). The lowest BCUT2D eigenvalue weighted by Gasteiger charge is -1.97. The van der Waals surface area contributed by atoms with Gasteiger partial charge in [0.05, 0.1) is 0 Å². The summed E-state index contributed by atoms with van der Waals surface area (Å²) in [6.07, 6.45) is 14.2. The lowest BCUT2D eigenvalue weighted by molar-refractivity contribution is 0.104. The zero-order valence-corrected chi connectivity index (χ0v) is 12.1. The fourth-order valence-corrected chi connectivity index (χ4v) is 1.90. The van der Waals surface area contributed by atoms with Gasteiger partial charge < -0.3 is 0 Å². The molecule has 106 valence electrons. The molecule has 0 unspecified atom stereocenters. The van der Waals surface area contributed by atoms with Gasteiger partial charge in [0, 0.05) is 11.1 Å². The Morgan fingerprint density at radius 3 is 2.00 bits per heavy atom. The molecule has 0 saturated heterocycles. The zero-order valence-electron chi connectivity index (χ0n) is 12.1. The monoisotopic (exact) mass is 284 g/mol. The molecule has 0 fully saturated rings. The molecule has 0 heterocycles. The van der Waals surface area contributed by atoms with E-state index in [1.165, 1.54) is 6.08 Å². The van der Waals surface area contributed by atoms with Gasteiger partial charge in [0.25, 0.3) is 0 Å². The Morgan fingerprint density at radius 1 is 0.818 bits per heavy atom. The normalized spacial score (nSPS) is 11.7. The summed E-state index contributed by atoms with van der Waals surface area (Å²) >= 11 is 0. The highest BCUT2D eigenvalue weighted by Gasteiger charge is 1.97. The molecule has 2 aromatic rings. The Hall–Kier alpha value is -3.11. The molecular weight excluding hydrogens is 268 g/mol. The van der Waals surface area contributed by atoms with Gasteiger partial charge in [-0.2, -0.15) is 0 Å². The largest absolute Gasteiger partial charge is 0.289 e. The van der Waals surface area contributed by atoms with Crippen LogP contribution < -0.4 is 0 Å². The van der Waals surface area contributed by atoms with Gasteiger partial charge in [0.15, 0.2) is 5.78 Å². The van der Waals surface area contributed by atoms with Crippen molar-refractivity contribution in [3.05, 3.63) is 102 Å². The molecule has 1 nitrogen and oxygen atoms in total. The van der Waals surface area contributed by atoms with Gasteiger partial charge in [-0.05, 0) is 17.7 Å². The van der Waals surface area contributed by atoms with Crippen molar-refractivity contribution in [1.82, 2.24) is 0 Å². The Kier molecular flexibility index (Phi) is 5.72. The molecule has 1 heteroatoms. The van der Waals surface area contributed by atoms with Crippen LogP contribution in [0.4, 0.5) is 0 Å². The molecule has 0 saturated carbocycles. The summed E-state index contributed by atoms with van der Waals surface area (Å²) in [6, 6.07) is 18.9. The Morgan fingerprint density at radius 2 is 1.41 bits per heavy atom. The topological polar surface area (TPSA) is 17.1 Å². The summed E-state index contributed by atoms with van der Waals surface area (Å²) in [5, 5.41) is 0. The fourth-order valence-electron chi connectivity index (χ4n) is 1.90. The van der Waals surface area contributed by atoms with E-state index in [0.717, 1.165) is 11.1 Å². The van der Waals surface area contributed by atoms with E-state index in [1.807, 2.05) is 60.7 Å². The first-order chi connectivity index (χ1) is 10.8. The Balaban J connectivity index is 2.00. The van der Waals surface area contributed by atoms with Crippen LogP contribution in [0.5, 0.6) is 0 Å². The molecule has 0 radical (unpaired) electrons. The fraction of sp³-hybridized carbons (Fsp3) is 0. The average Bonchev–Trinajstić information content (AvgIpc) is 2.59. The van der Waals surface area contributed by atoms with Crippen molar-refractivity contribution in [3.8, 4) is 12.3 Å². The maximum atomic E-state index is 11.9. The van der Waals surface area contributed by atoms with E-state index in [4.69, 9.17) is 6.42 Å².